The van der Waals surface area contributed by atoms with Crippen LogP contribution in [0.4, 0.5) is 0 Å². The van der Waals surface area contributed by atoms with Crippen LogP contribution in [-0.4, -0.2) is 87.1 Å². The maximum atomic E-state index is 12.4. The number of hydrogen-bond donors (Lipinski definition) is 5. The molecule has 6 aliphatic rings. The fourth-order valence-electron chi connectivity index (χ4n) is 9.69. The third kappa shape index (κ3) is 3.79. The Morgan fingerprint density at radius 1 is 1.00 bits per heavy atom. The van der Waals surface area contributed by atoms with Crippen LogP contribution in [0.1, 0.15) is 65.2 Å². The van der Waals surface area contributed by atoms with Gasteiger partial charge in [-0.1, -0.05) is 13.8 Å². The summed E-state index contributed by atoms with van der Waals surface area (Å²) in [6.45, 7) is 4.58. The summed E-state index contributed by atoms with van der Waals surface area (Å²) in [5, 5.41) is 54.1. The van der Waals surface area contributed by atoms with E-state index in [1.54, 1.807) is 6.08 Å². The van der Waals surface area contributed by atoms with Crippen molar-refractivity contribution in [1.29, 1.82) is 0 Å². The number of ether oxygens (including phenoxy) is 3. The van der Waals surface area contributed by atoms with E-state index in [4.69, 9.17) is 14.2 Å². The molecule has 9 heteroatoms. The SMILES string of the molecule is C[C@]12CC[C@H](O[C@@H]3OC[C@@H](O)[C@H](O)[C@H]3O)C[C@H]1CC[C@@H]1[C@@H]2[C@H](O)C[C@]2(C)[C@@H](C3=CC(=O)OC3)CC[C@]12O. The molecule has 0 amide bonds. The molecule has 0 aromatic carbocycles. The van der Waals surface area contributed by atoms with E-state index >= 15 is 0 Å². The normalized spacial score (nSPS) is 55.6. The van der Waals surface area contributed by atoms with Crippen molar-refractivity contribution in [3.63, 3.8) is 0 Å². The van der Waals surface area contributed by atoms with Gasteiger partial charge in [-0.15, -0.1) is 0 Å². The average Bonchev–Trinajstić information content (AvgIpc) is 3.39. The van der Waals surface area contributed by atoms with Gasteiger partial charge in [-0.2, -0.15) is 0 Å². The fourth-order valence-corrected chi connectivity index (χ4v) is 9.69. The van der Waals surface area contributed by atoms with Gasteiger partial charge < -0.3 is 39.7 Å². The molecule has 0 aromatic rings. The number of aliphatic hydroxyl groups is 5. The van der Waals surface area contributed by atoms with Gasteiger partial charge in [0.25, 0.3) is 0 Å². The summed E-state index contributed by atoms with van der Waals surface area (Å²) < 4.78 is 16.8. The largest absolute Gasteiger partial charge is 0.458 e. The minimum atomic E-state index is -1.30. The lowest BCUT2D eigenvalue weighted by atomic mass is 9.42. The second kappa shape index (κ2) is 8.98. The van der Waals surface area contributed by atoms with Crippen molar-refractivity contribution < 1.29 is 44.5 Å². The maximum absolute atomic E-state index is 12.4. The van der Waals surface area contributed by atoms with Crippen molar-refractivity contribution in [3.8, 4) is 0 Å². The van der Waals surface area contributed by atoms with Crippen molar-refractivity contribution in [2.45, 2.75) is 108 Å². The summed E-state index contributed by atoms with van der Waals surface area (Å²) in [6.07, 6.45) is 2.27. The molecule has 208 valence electrons. The molecule has 5 fully saturated rings. The molecular weight excluding hydrogens is 480 g/mol. The Morgan fingerprint density at radius 2 is 1.78 bits per heavy atom. The molecule has 5 N–H and O–H groups in total. The van der Waals surface area contributed by atoms with Crippen LogP contribution in [0.5, 0.6) is 0 Å². The van der Waals surface area contributed by atoms with Gasteiger partial charge in [0.2, 0.25) is 0 Å². The molecule has 0 aromatic heterocycles. The van der Waals surface area contributed by atoms with E-state index in [0.717, 1.165) is 44.1 Å². The minimum absolute atomic E-state index is 0.0104. The van der Waals surface area contributed by atoms with Gasteiger partial charge in [-0.05, 0) is 86.0 Å². The van der Waals surface area contributed by atoms with Crippen LogP contribution in [0.25, 0.3) is 0 Å². The molecule has 0 unspecified atom stereocenters. The number of aliphatic hydroxyl groups excluding tert-OH is 4. The lowest BCUT2D eigenvalue weighted by Gasteiger charge is -2.65. The van der Waals surface area contributed by atoms with E-state index < -0.39 is 41.7 Å². The second-order valence-corrected chi connectivity index (χ2v) is 13.2. The lowest BCUT2D eigenvalue weighted by Crippen LogP contribution is -2.66. The molecule has 13 atom stereocenters. The van der Waals surface area contributed by atoms with E-state index in [0.29, 0.717) is 18.8 Å². The number of hydrogen-bond acceptors (Lipinski definition) is 9. The van der Waals surface area contributed by atoms with Crippen LogP contribution in [0.3, 0.4) is 0 Å². The first-order valence-electron chi connectivity index (χ1n) is 14.1. The van der Waals surface area contributed by atoms with E-state index in [9.17, 15) is 30.3 Å². The fraction of sp³-hybridized carbons (Fsp3) is 0.893. The maximum Gasteiger partial charge on any atom is 0.331 e. The molecule has 2 aliphatic heterocycles. The van der Waals surface area contributed by atoms with Crippen molar-refractivity contribution >= 4 is 5.97 Å². The summed E-state index contributed by atoms with van der Waals surface area (Å²) in [6, 6.07) is 0. The van der Waals surface area contributed by atoms with E-state index in [2.05, 4.69) is 13.8 Å². The zero-order chi connectivity index (χ0) is 26.3. The Hall–Kier alpha value is -1.07. The Balaban J connectivity index is 1.19. The third-order valence-corrected chi connectivity index (χ3v) is 11.7. The zero-order valence-corrected chi connectivity index (χ0v) is 21.8. The summed E-state index contributed by atoms with van der Waals surface area (Å²) in [5.74, 6) is -0.0130. The van der Waals surface area contributed by atoms with Gasteiger partial charge in [0.1, 0.15) is 24.9 Å². The number of rotatable bonds is 3. The highest BCUT2D eigenvalue weighted by Gasteiger charge is 2.70. The van der Waals surface area contributed by atoms with Crippen molar-refractivity contribution in [2.24, 2.45) is 34.5 Å². The van der Waals surface area contributed by atoms with Crippen LogP contribution >= 0.6 is 0 Å². The Labute approximate surface area is 217 Å². The standard InChI is InChI=1S/C28H42O9/c1-26-7-5-16(37-25-24(33)23(32)20(30)13-36-25)10-15(26)3-4-18-22(26)19(29)11-27(2)17(6-8-28(18,27)34)14-9-21(31)35-12-14/h9,15-20,22-25,29-30,32-34H,3-8,10-13H2,1-2H3/t15-,16+,17-,18-,19-,20-,22-,23+,24-,25+,26+,27-,28+/m1/s1. The van der Waals surface area contributed by atoms with Gasteiger partial charge in [0.15, 0.2) is 6.29 Å². The summed E-state index contributed by atoms with van der Waals surface area (Å²) >= 11 is 0. The first-order chi connectivity index (χ1) is 17.5. The first-order valence-corrected chi connectivity index (χ1v) is 14.1. The molecule has 0 bridgehead atoms. The monoisotopic (exact) mass is 522 g/mol. The Bertz CT molecular complexity index is 954. The quantitative estimate of drug-likeness (QED) is 0.271. The van der Waals surface area contributed by atoms with E-state index in [1.807, 2.05) is 0 Å². The number of carbonyl (C=O) groups is 1. The summed E-state index contributed by atoms with van der Waals surface area (Å²) in [7, 11) is 0. The van der Waals surface area contributed by atoms with Gasteiger partial charge in [0.05, 0.1) is 24.4 Å². The smallest absolute Gasteiger partial charge is 0.331 e. The highest BCUT2D eigenvalue weighted by molar-refractivity contribution is 5.85. The van der Waals surface area contributed by atoms with Crippen LogP contribution in [0.2, 0.25) is 0 Å². The van der Waals surface area contributed by atoms with Gasteiger partial charge in [0, 0.05) is 11.5 Å². The molecule has 2 heterocycles. The van der Waals surface area contributed by atoms with Crippen LogP contribution in [0, 0.1) is 34.5 Å². The van der Waals surface area contributed by atoms with Gasteiger partial charge in [-0.25, -0.2) is 4.79 Å². The van der Waals surface area contributed by atoms with Crippen LogP contribution in [-0.2, 0) is 19.0 Å². The van der Waals surface area contributed by atoms with Crippen LogP contribution < -0.4 is 0 Å². The van der Waals surface area contributed by atoms with Crippen molar-refractivity contribution in [3.05, 3.63) is 11.6 Å². The van der Waals surface area contributed by atoms with Crippen molar-refractivity contribution in [2.75, 3.05) is 13.2 Å². The Kier molecular flexibility index (Phi) is 6.35. The molecule has 0 radical (unpaired) electrons. The number of fused-ring (bicyclic) bond motifs is 5. The molecular formula is C28H42O9. The number of cyclic esters (lactones) is 1. The highest BCUT2D eigenvalue weighted by Crippen LogP contribution is 2.70. The molecule has 9 nitrogen and oxygen atoms in total. The molecule has 4 aliphatic carbocycles. The lowest BCUT2D eigenvalue weighted by molar-refractivity contribution is -0.293. The van der Waals surface area contributed by atoms with Gasteiger partial charge in [-0.3, -0.25) is 0 Å². The molecule has 37 heavy (non-hydrogen) atoms. The molecule has 0 spiro atoms. The van der Waals surface area contributed by atoms with Crippen LogP contribution in [0.15, 0.2) is 11.6 Å². The average molecular weight is 523 g/mol. The van der Waals surface area contributed by atoms with Gasteiger partial charge >= 0.3 is 5.97 Å². The molecule has 6 rings (SSSR count). The number of esters is 1. The van der Waals surface area contributed by atoms with E-state index in [1.165, 1.54) is 0 Å². The summed E-state index contributed by atoms with van der Waals surface area (Å²) in [5.41, 5.74) is -0.593. The predicted octanol–water partition coefficient (Wildman–Crippen LogP) is 1.04. The Morgan fingerprint density at radius 3 is 2.51 bits per heavy atom. The minimum Gasteiger partial charge on any atom is -0.458 e. The first kappa shape index (κ1) is 26.2. The number of carbonyl (C=O) groups excluding carboxylic acids is 1. The van der Waals surface area contributed by atoms with E-state index in [-0.39, 0.29) is 48.5 Å². The molecule has 4 saturated carbocycles. The zero-order valence-electron chi connectivity index (χ0n) is 21.8. The topological polar surface area (TPSA) is 146 Å². The predicted molar refractivity (Wildman–Crippen MR) is 130 cm³/mol. The molecule has 1 saturated heterocycles. The highest BCUT2D eigenvalue weighted by atomic mass is 16.7. The second-order valence-electron chi connectivity index (χ2n) is 13.2. The summed E-state index contributed by atoms with van der Waals surface area (Å²) in [4.78, 5) is 11.8. The third-order valence-electron chi connectivity index (χ3n) is 11.7. The van der Waals surface area contributed by atoms with Crippen molar-refractivity contribution in [1.82, 2.24) is 0 Å².